The van der Waals surface area contributed by atoms with Crippen LogP contribution in [0.25, 0.3) is 0 Å². The van der Waals surface area contributed by atoms with Gasteiger partial charge in [-0.05, 0) is 43.1 Å². The SMILES string of the molecule is O=C(O)CCN(C(=O)NCC1CCSCC1)C1CC1. The molecular weight excluding hydrogens is 264 g/mol. The van der Waals surface area contributed by atoms with Crippen LogP contribution in [0.15, 0.2) is 0 Å². The third-order valence-electron chi connectivity index (χ3n) is 3.70. The highest BCUT2D eigenvalue weighted by Gasteiger charge is 2.32. The summed E-state index contributed by atoms with van der Waals surface area (Å²) < 4.78 is 0. The van der Waals surface area contributed by atoms with Gasteiger partial charge in [0.05, 0.1) is 6.42 Å². The van der Waals surface area contributed by atoms with E-state index in [0.29, 0.717) is 12.5 Å². The van der Waals surface area contributed by atoms with Crippen molar-refractivity contribution in [2.45, 2.75) is 38.1 Å². The smallest absolute Gasteiger partial charge is 0.317 e. The zero-order valence-electron chi connectivity index (χ0n) is 11.1. The summed E-state index contributed by atoms with van der Waals surface area (Å²) in [5.41, 5.74) is 0. The molecule has 19 heavy (non-hydrogen) atoms. The van der Waals surface area contributed by atoms with E-state index in [9.17, 15) is 9.59 Å². The Morgan fingerprint density at radius 3 is 2.47 bits per heavy atom. The van der Waals surface area contributed by atoms with Crippen LogP contribution in [0, 0.1) is 5.92 Å². The van der Waals surface area contributed by atoms with Gasteiger partial charge in [0.15, 0.2) is 0 Å². The van der Waals surface area contributed by atoms with E-state index in [1.54, 1.807) is 4.90 Å². The lowest BCUT2D eigenvalue weighted by Gasteiger charge is -2.25. The number of carboxylic acid groups (broad SMARTS) is 1. The fourth-order valence-electron chi connectivity index (χ4n) is 2.34. The Morgan fingerprint density at radius 1 is 1.21 bits per heavy atom. The van der Waals surface area contributed by atoms with Crippen LogP contribution in [0.4, 0.5) is 4.79 Å². The molecule has 5 nitrogen and oxygen atoms in total. The van der Waals surface area contributed by atoms with Crippen molar-refractivity contribution in [3.05, 3.63) is 0 Å². The van der Waals surface area contributed by atoms with Crippen molar-refractivity contribution in [3.8, 4) is 0 Å². The summed E-state index contributed by atoms with van der Waals surface area (Å²) in [6, 6.07) is 0.184. The summed E-state index contributed by atoms with van der Waals surface area (Å²) in [6.45, 7) is 1.06. The van der Waals surface area contributed by atoms with Crippen molar-refractivity contribution in [1.82, 2.24) is 10.2 Å². The Bertz CT molecular complexity index is 328. The van der Waals surface area contributed by atoms with E-state index < -0.39 is 5.97 Å². The number of carbonyl (C=O) groups is 2. The number of hydrogen-bond donors (Lipinski definition) is 2. The number of carbonyl (C=O) groups excluding carboxylic acids is 1. The molecule has 0 bridgehead atoms. The molecule has 2 fully saturated rings. The number of nitrogens with zero attached hydrogens (tertiary/aromatic N) is 1. The topological polar surface area (TPSA) is 69.6 Å². The van der Waals surface area contributed by atoms with Gasteiger partial charge in [0.2, 0.25) is 0 Å². The maximum atomic E-state index is 12.1. The van der Waals surface area contributed by atoms with Crippen LogP contribution in [-0.4, -0.2) is 52.6 Å². The lowest BCUT2D eigenvalue weighted by Crippen LogP contribution is -2.44. The summed E-state index contributed by atoms with van der Waals surface area (Å²) in [5, 5.41) is 11.7. The van der Waals surface area contributed by atoms with E-state index in [1.807, 2.05) is 11.8 Å². The largest absolute Gasteiger partial charge is 0.481 e. The first-order valence-corrected chi connectivity index (χ1v) is 8.16. The molecule has 0 radical (unpaired) electrons. The molecule has 2 aliphatic rings. The molecule has 1 heterocycles. The van der Waals surface area contributed by atoms with E-state index in [-0.39, 0.29) is 18.5 Å². The number of nitrogens with one attached hydrogen (secondary N) is 1. The Balaban J connectivity index is 1.73. The monoisotopic (exact) mass is 286 g/mol. The van der Waals surface area contributed by atoms with Gasteiger partial charge in [-0.2, -0.15) is 11.8 Å². The highest BCUT2D eigenvalue weighted by atomic mass is 32.2. The summed E-state index contributed by atoms with van der Waals surface area (Å²) in [6.07, 6.45) is 4.39. The Hall–Kier alpha value is -0.910. The maximum Gasteiger partial charge on any atom is 0.317 e. The minimum atomic E-state index is -0.845. The van der Waals surface area contributed by atoms with E-state index in [0.717, 1.165) is 19.4 Å². The summed E-state index contributed by atoms with van der Waals surface area (Å²) in [7, 11) is 0. The molecular formula is C13H22N2O3S. The molecule has 1 aliphatic carbocycles. The molecule has 2 N–H and O–H groups in total. The van der Waals surface area contributed by atoms with Gasteiger partial charge < -0.3 is 15.3 Å². The summed E-state index contributed by atoms with van der Waals surface area (Å²) in [5.74, 6) is 2.12. The number of rotatable bonds is 6. The van der Waals surface area contributed by atoms with E-state index in [1.165, 1.54) is 24.3 Å². The fraction of sp³-hybridized carbons (Fsp3) is 0.846. The van der Waals surface area contributed by atoms with Gasteiger partial charge in [-0.1, -0.05) is 0 Å². The number of amides is 2. The van der Waals surface area contributed by atoms with Gasteiger partial charge in [-0.25, -0.2) is 4.79 Å². The van der Waals surface area contributed by atoms with Crippen molar-refractivity contribution in [1.29, 1.82) is 0 Å². The van der Waals surface area contributed by atoms with Gasteiger partial charge >= 0.3 is 12.0 Å². The zero-order chi connectivity index (χ0) is 13.7. The average Bonchev–Trinajstić information content (AvgIpc) is 3.22. The molecule has 1 saturated carbocycles. The number of aliphatic carboxylic acids is 1. The lowest BCUT2D eigenvalue weighted by atomic mass is 10.0. The third-order valence-corrected chi connectivity index (χ3v) is 4.75. The molecule has 0 unspecified atom stereocenters. The molecule has 2 rings (SSSR count). The van der Waals surface area contributed by atoms with E-state index in [4.69, 9.17) is 5.11 Å². The molecule has 0 aromatic heterocycles. The average molecular weight is 286 g/mol. The third kappa shape index (κ3) is 4.93. The molecule has 2 amide bonds. The zero-order valence-corrected chi connectivity index (χ0v) is 12.0. The first-order chi connectivity index (χ1) is 9.16. The Labute approximate surface area is 118 Å². The number of hydrogen-bond acceptors (Lipinski definition) is 3. The van der Waals surface area contributed by atoms with Gasteiger partial charge in [0.1, 0.15) is 0 Å². The van der Waals surface area contributed by atoms with Crippen LogP contribution < -0.4 is 5.32 Å². The van der Waals surface area contributed by atoms with Gasteiger partial charge in [0.25, 0.3) is 0 Å². The van der Waals surface area contributed by atoms with E-state index >= 15 is 0 Å². The molecule has 1 aliphatic heterocycles. The molecule has 0 aromatic carbocycles. The van der Waals surface area contributed by atoms with Crippen molar-refractivity contribution < 1.29 is 14.7 Å². The van der Waals surface area contributed by atoms with Crippen LogP contribution in [0.5, 0.6) is 0 Å². The van der Waals surface area contributed by atoms with Crippen LogP contribution in [0.1, 0.15) is 32.1 Å². The van der Waals surface area contributed by atoms with Crippen molar-refractivity contribution in [2.24, 2.45) is 5.92 Å². The molecule has 6 heteroatoms. The Kier molecular flexibility index (Phi) is 5.36. The molecule has 108 valence electrons. The minimum Gasteiger partial charge on any atom is -0.481 e. The number of thioether (sulfide) groups is 1. The molecule has 0 aromatic rings. The van der Waals surface area contributed by atoms with Gasteiger partial charge in [-0.3, -0.25) is 4.79 Å². The number of carboxylic acids is 1. The van der Waals surface area contributed by atoms with Crippen LogP contribution >= 0.6 is 11.8 Å². The second kappa shape index (κ2) is 7.03. The second-order valence-electron chi connectivity index (χ2n) is 5.31. The highest BCUT2D eigenvalue weighted by Crippen LogP contribution is 2.27. The highest BCUT2D eigenvalue weighted by molar-refractivity contribution is 7.99. The fourth-order valence-corrected chi connectivity index (χ4v) is 3.54. The number of urea groups is 1. The van der Waals surface area contributed by atoms with Crippen LogP contribution in [-0.2, 0) is 4.79 Å². The predicted octanol–water partition coefficient (Wildman–Crippen LogP) is 1.78. The quantitative estimate of drug-likeness (QED) is 0.781. The van der Waals surface area contributed by atoms with Gasteiger partial charge in [-0.15, -0.1) is 0 Å². The normalized spacial score (nSPS) is 20.0. The van der Waals surface area contributed by atoms with Crippen molar-refractivity contribution in [2.75, 3.05) is 24.6 Å². The molecule has 1 saturated heterocycles. The van der Waals surface area contributed by atoms with Crippen LogP contribution in [0.3, 0.4) is 0 Å². The molecule has 0 atom stereocenters. The van der Waals surface area contributed by atoms with Gasteiger partial charge in [0, 0.05) is 19.1 Å². The summed E-state index contributed by atoms with van der Waals surface area (Å²) in [4.78, 5) is 24.4. The first-order valence-electron chi connectivity index (χ1n) is 7.01. The van der Waals surface area contributed by atoms with E-state index in [2.05, 4.69) is 5.32 Å². The lowest BCUT2D eigenvalue weighted by molar-refractivity contribution is -0.137. The second-order valence-corrected chi connectivity index (χ2v) is 6.53. The van der Waals surface area contributed by atoms with Crippen molar-refractivity contribution >= 4 is 23.8 Å². The van der Waals surface area contributed by atoms with Crippen molar-refractivity contribution in [3.63, 3.8) is 0 Å². The van der Waals surface area contributed by atoms with Crippen LogP contribution in [0.2, 0.25) is 0 Å². The minimum absolute atomic E-state index is 0.0317. The first kappa shape index (κ1) is 14.5. The Morgan fingerprint density at radius 2 is 1.89 bits per heavy atom. The standard InChI is InChI=1S/C13H22N2O3S/c16-12(17)3-6-15(11-1-2-11)13(18)14-9-10-4-7-19-8-5-10/h10-11H,1-9H2,(H,14,18)(H,16,17). The predicted molar refractivity (Wildman–Crippen MR) is 75.4 cm³/mol. The summed E-state index contributed by atoms with van der Waals surface area (Å²) >= 11 is 1.98. The molecule has 0 spiro atoms. The maximum absolute atomic E-state index is 12.1.